The second-order valence-electron chi connectivity index (χ2n) is 2.40. The molecule has 0 aliphatic carbocycles. The van der Waals surface area contributed by atoms with Crippen LogP contribution in [0.4, 0.5) is 0 Å². The molecule has 2 nitrogen and oxygen atoms in total. The van der Waals surface area contributed by atoms with Gasteiger partial charge in [0.2, 0.25) is 0 Å². The molecule has 0 aromatic rings. The van der Waals surface area contributed by atoms with E-state index >= 15 is 0 Å². The summed E-state index contributed by atoms with van der Waals surface area (Å²) in [6, 6.07) is 0. The SMILES string of the molecule is CCCCSC(OC)C(C)=O. The van der Waals surface area contributed by atoms with E-state index in [-0.39, 0.29) is 11.2 Å². The minimum absolute atomic E-state index is 0.105. The molecule has 1 atom stereocenters. The van der Waals surface area contributed by atoms with Crippen LogP contribution < -0.4 is 0 Å². The van der Waals surface area contributed by atoms with E-state index in [9.17, 15) is 4.79 Å². The number of thioether (sulfide) groups is 1. The zero-order chi connectivity index (χ0) is 8.69. The Morgan fingerprint density at radius 1 is 1.64 bits per heavy atom. The minimum Gasteiger partial charge on any atom is -0.363 e. The van der Waals surface area contributed by atoms with Gasteiger partial charge < -0.3 is 4.74 Å². The highest BCUT2D eigenvalue weighted by Crippen LogP contribution is 2.14. The zero-order valence-corrected chi connectivity index (χ0v) is 8.24. The quantitative estimate of drug-likeness (QED) is 0.458. The first-order valence-electron chi connectivity index (χ1n) is 3.87. The number of rotatable bonds is 6. The third-order valence-corrected chi connectivity index (χ3v) is 2.66. The zero-order valence-electron chi connectivity index (χ0n) is 7.42. The molecule has 0 rings (SSSR count). The van der Waals surface area contributed by atoms with Crippen molar-refractivity contribution in [3.05, 3.63) is 0 Å². The van der Waals surface area contributed by atoms with Crippen molar-refractivity contribution >= 4 is 17.5 Å². The van der Waals surface area contributed by atoms with Gasteiger partial charge in [-0.15, -0.1) is 11.8 Å². The lowest BCUT2D eigenvalue weighted by molar-refractivity contribution is -0.122. The molecule has 0 fully saturated rings. The highest BCUT2D eigenvalue weighted by Gasteiger charge is 2.11. The summed E-state index contributed by atoms with van der Waals surface area (Å²) < 4.78 is 4.97. The van der Waals surface area contributed by atoms with Crippen molar-refractivity contribution in [3.63, 3.8) is 0 Å². The number of hydrogen-bond acceptors (Lipinski definition) is 3. The van der Waals surface area contributed by atoms with Crippen molar-refractivity contribution < 1.29 is 9.53 Å². The highest BCUT2D eigenvalue weighted by atomic mass is 32.2. The maximum Gasteiger partial charge on any atom is 0.168 e. The first-order valence-corrected chi connectivity index (χ1v) is 4.92. The van der Waals surface area contributed by atoms with Crippen LogP contribution in [0, 0.1) is 0 Å². The number of hydrogen-bond donors (Lipinski definition) is 0. The van der Waals surface area contributed by atoms with Gasteiger partial charge in [0.15, 0.2) is 11.2 Å². The second kappa shape index (κ2) is 6.68. The van der Waals surface area contributed by atoms with Gasteiger partial charge in [-0.25, -0.2) is 0 Å². The Hall–Kier alpha value is -0.0200. The Bertz CT molecular complexity index is 115. The van der Waals surface area contributed by atoms with E-state index < -0.39 is 0 Å². The lowest BCUT2D eigenvalue weighted by atomic mass is 10.4. The molecule has 1 unspecified atom stereocenters. The molecule has 66 valence electrons. The molecular weight excluding hydrogens is 160 g/mol. The number of carbonyl (C=O) groups excluding carboxylic acids is 1. The molecule has 0 radical (unpaired) electrons. The molecule has 0 aromatic heterocycles. The Kier molecular flexibility index (Phi) is 6.66. The van der Waals surface area contributed by atoms with Gasteiger partial charge in [0.1, 0.15) is 0 Å². The van der Waals surface area contributed by atoms with Crippen LogP contribution in [0.3, 0.4) is 0 Å². The van der Waals surface area contributed by atoms with Gasteiger partial charge in [0, 0.05) is 7.11 Å². The summed E-state index contributed by atoms with van der Waals surface area (Å²) in [6.07, 6.45) is 2.32. The van der Waals surface area contributed by atoms with E-state index in [4.69, 9.17) is 4.74 Å². The fourth-order valence-electron chi connectivity index (χ4n) is 0.686. The van der Waals surface area contributed by atoms with Crippen molar-refractivity contribution in [2.24, 2.45) is 0 Å². The lowest BCUT2D eigenvalue weighted by Gasteiger charge is -2.09. The lowest BCUT2D eigenvalue weighted by Crippen LogP contribution is -2.16. The van der Waals surface area contributed by atoms with Crippen molar-refractivity contribution in [3.8, 4) is 0 Å². The van der Waals surface area contributed by atoms with Gasteiger partial charge in [-0.3, -0.25) is 4.79 Å². The Balaban J connectivity index is 3.44. The third kappa shape index (κ3) is 5.27. The third-order valence-electron chi connectivity index (χ3n) is 1.31. The molecule has 0 heterocycles. The number of unbranched alkanes of at least 4 members (excludes halogenated alkanes) is 1. The summed E-state index contributed by atoms with van der Waals surface area (Å²) >= 11 is 1.58. The molecule has 0 aromatic carbocycles. The van der Waals surface area contributed by atoms with Crippen LogP contribution in [0.5, 0.6) is 0 Å². The fourth-order valence-corrected chi connectivity index (χ4v) is 1.73. The summed E-state index contributed by atoms with van der Waals surface area (Å²) in [5, 5.41) is 0. The molecule has 0 amide bonds. The van der Waals surface area contributed by atoms with Crippen molar-refractivity contribution in [2.75, 3.05) is 12.9 Å². The molecule has 0 saturated heterocycles. The number of carbonyl (C=O) groups is 1. The molecule has 0 aliphatic rings. The van der Waals surface area contributed by atoms with Crippen molar-refractivity contribution in [1.29, 1.82) is 0 Å². The molecule has 11 heavy (non-hydrogen) atoms. The summed E-state index contributed by atoms with van der Waals surface area (Å²) in [6.45, 7) is 3.70. The summed E-state index contributed by atoms with van der Waals surface area (Å²) in [7, 11) is 1.57. The van der Waals surface area contributed by atoms with E-state index in [1.165, 1.54) is 6.42 Å². The van der Waals surface area contributed by atoms with Crippen molar-refractivity contribution in [2.45, 2.75) is 32.1 Å². The largest absolute Gasteiger partial charge is 0.363 e. The molecular formula is C8H16O2S. The highest BCUT2D eigenvalue weighted by molar-refractivity contribution is 8.00. The fraction of sp³-hybridized carbons (Fsp3) is 0.875. The normalized spacial score (nSPS) is 13.0. The Morgan fingerprint density at radius 3 is 2.64 bits per heavy atom. The van der Waals surface area contributed by atoms with E-state index in [0.717, 1.165) is 12.2 Å². The topological polar surface area (TPSA) is 26.3 Å². The smallest absolute Gasteiger partial charge is 0.168 e. The first kappa shape index (κ1) is 11.0. The van der Waals surface area contributed by atoms with Crippen LogP contribution in [-0.2, 0) is 9.53 Å². The predicted octanol–water partition coefficient (Wildman–Crippen LogP) is 2.08. The van der Waals surface area contributed by atoms with E-state index in [2.05, 4.69) is 6.92 Å². The van der Waals surface area contributed by atoms with Crippen LogP contribution in [0.2, 0.25) is 0 Å². The second-order valence-corrected chi connectivity index (χ2v) is 3.57. The monoisotopic (exact) mass is 176 g/mol. The summed E-state index contributed by atoms with van der Waals surface area (Å²) in [5.41, 5.74) is -0.249. The molecule has 0 aliphatic heterocycles. The van der Waals surface area contributed by atoms with Gasteiger partial charge >= 0.3 is 0 Å². The van der Waals surface area contributed by atoms with Crippen molar-refractivity contribution in [1.82, 2.24) is 0 Å². The van der Waals surface area contributed by atoms with Crippen LogP contribution in [0.1, 0.15) is 26.7 Å². The average molecular weight is 176 g/mol. The van der Waals surface area contributed by atoms with E-state index in [1.54, 1.807) is 25.8 Å². The van der Waals surface area contributed by atoms with Crippen LogP contribution >= 0.6 is 11.8 Å². The first-order chi connectivity index (χ1) is 5.22. The van der Waals surface area contributed by atoms with Crippen LogP contribution in [0.25, 0.3) is 0 Å². The molecule has 0 N–H and O–H groups in total. The molecule has 0 bridgehead atoms. The average Bonchev–Trinajstić information content (AvgIpc) is 1.97. The molecule has 0 saturated carbocycles. The van der Waals surface area contributed by atoms with Gasteiger partial charge in [-0.05, 0) is 19.1 Å². The summed E-state index contributed by atoms with van der Waals surface area (Å²) in [4.78, 5) is 10.8. The number of ether oxygens (including phenoxy) is 1. The number of ketones is 1. The van der Waals surface area contributed by atoms with Crippen LogP contribution in [-0.4, -0.2) is 24.1 Å². The predicted molar refractivity (Wildman–Crippen MR) is 48.8 cm³/mol. The molecule has 0 spiro atoms. The number of Topliss-reactive ketones (excluding diaryl/α,β-unsaturated/α-hetero) is 1. The molecule has 3 heteroatoms. The van der Waals surface area contributed by atoms with Gasteiger partial charge in [0.25, 0.3) is 0 Å². The minimum atomic E-state index is -0.249. The van der Waals surface area contributed by atoms with Gasteiger partial charge in [-0.1, -0.05) is 13.3 Å². The van der Waals surface area contributed by atoms with Gasteiger partial charge in [0.05, 0.1) is 0 Å². The maximum atomic E-state index is 10.8. The summed E-state index contributed by atoms with van der Waals surface area (Å²) in [5.74, 6) is 1.11. The van der Waals surface area contributed by atoms with Gasteiger partial charge in [-0.2, -0.15) is 0 Å². The maximum absolute atomic E-state index is 10.8. The van der Waals surface area contributed by atoms with Crippen LogP contribution in [0.15, 0.2) is 0 Å². The Morgan fingerprint density at radius 2 is 2.27 bits per heavy atom. The van der Waals surface area contributed by atoms with E-state index in [1.807, 2.05) is 0 Å². The number of methoxy groups -OCH3 is 1. The standard InChI is InChI=1S/C8H16O2S/c1-4-5-6-11-8(10-3)7(2)9/h8H,4-6H2,1-3H3. The van der Waals surface area contributed by atoms with E-state index in [0.29, 0.717) is 0 Å². The Labute approximate surface area is 72.7 Å².